The van der Waals surface area contributed by atoms with Crippen molar-refractivity contribution >= 4 is 19.8 Å². The first-order valence-electron chi connectivity index (χ1n) is 15.5. The van der Waals surface area contributed by atoms with Crippen LogP contribution in [0.15, 0.2) is 12.2 Å². The highest BCUT2D eigenvalue weighted by Crippen LogP contribution is 2.35. The summed E-state index contributed by atoms with van der Waals surface area (Å²) in [6.45, 7) is 3.57. The highest BCUT2D eigenvalue weighted by Gasteiger charge is 2.22. The molecule has 0 aromatic carbocycles. The standard InChI is InChI=1S/C30H57O8P/c1-3-5-7-9-11-12-13-14-15-16-17-18-19-21-23-25-30(32)38-28(27-37-39(33,34)35)26-36-29(31)24-22-20-10-8-6-4-2/h14-15,28H,3-13,16-27H2,1-2H3,(H2,33,34,35)/b15-14-. The zero-order chi connectivity index (χ0) is 29.0. The summed E-state index contributed by atoms with van der Waals surface area (Å²) in [5.41, 5.74) is 0. The molecule has 2 N–H and O–H groups in total. The van der Waals surface area contributed by atoms with Gasteiger partial charge >= 0.3 is 19.8 Å². The molecule has 0 aliphatic rings. The van der Waals surface area contributed by atoms with Crippen molar-refractivity contribution in [3.05, 3.63) is 12.2 Å². The van der Waals surface area contributed by atoms with Crippen LogP contribution in [-0.2, 0) is 28.2 Å². The third-order valence-electron chi connectivity index (χ3n) is 6.53. The van der Waals surface area contributed by atoms with Crippen LogP contribution in [0.2, 0.25) is 0 Å². The van der Waals surface area contributed by atoms with Gasteiger partial charge < -0.3 is 19.3 Å². The molecule has 0 aromatic heterocycles. The van der Waals surface area contributed by atoms with Crippen molar-refractivity contribution in [2.24, 2.45) is 0 Å². The molecular weight excluding hydrogens is 519 g/mol. The summed E-state index contributed by atoms with van der Waals surface area (Å²) < 4.78 is 26.0. The SMILES string of the molecule is CCCCCCCC/C=C\CCCCCCCC(=O)OC(COC(=O)CCCCCCCC)COP(=O)(O)O. The minimum atomic E-state index is -4.73. The number of ether oxygens (including phenoxy) is 2. The van der Waals surface area contributed by atoms with Gasteiger partial charge in [0.25, 0.3) is 0 Å². The summed E-state index contributed by atoms with van der Waals surface area (Å²) in [7, 11) is -4.73. The Morgan fingerprint density at radius 3 is 1.56 bits per heavy atom. The molecule has 0 fully saturated rings. The number of carbonyl (C=O) groups excluding carboxylic acids is 2. The first-order valence-corrected chi connectivity index (χ1v) is 17.0. The molecule has 0 radical (unpaired) electrons. The van der Waals surface area contributed by atoms with Crippen LogP contribution in [0, 0.1) is 0 Å². The topological polar surface area (TPSA) is 119 Å². The predicted octanol–water partition coefficient (Wildman–Crippen LogP) is 8.34. The number of hydrogen-bond donors (Lipinski definition) is 2. The average Bonchev–Trinajstić information content (AvgIpc) is 2.89. The zero-order valence-electron chi connectivity index (χ0n) is 24.8. The summed E-state index contributed by atoms with van der Waals surface area (Å²) in [5, 5.41) is 0. The monoisotopic (exact) mass is 576 g/mol. The first-order chi connectivity index (χ1) is 18.8. The summed E-state index contributed by atoms with van der Waals surface area (Å²) in [6.07, 6.45) is 25.4. The summed E-state index contributed by atoms with van der Waals surface area (Å²) in [6, 6.07) is 0. The molecule has 39 heavy (non-hydrogen) atoms. The molecule has 0 saturated carbocycles. The second kappa shape index (κ2) is 27.0. The van der Waals surface area contributed by atoms with E-state index in [0.29, 0.717) is 6.42 Å². The Bertz CT molecular complexity index is 661. The Hall–Kier alpha value is -1.21. The molecule has 0 aliphatic carbocycles. The van der Waals surface area contributed by atoms with Crippen molar-refractivity contribution in [1.29, 1.82) is 0 Å². The third kappa shape index (κ3) is 29.6. The fourth-order valence-electron chi connectivity index (χ4n) is 4.19. The normalized spacial score (nSPS) is 12.6. The molecule has 230 valence electrons. The average molecular weight is 577 g/mol. The van der Waals surface area contributed by atoms with E-state index in [2.05, 4.69) is 30.5 Å². The Labute approximate surface area is 237 Å². The molecule has 9 heteroatoms. The van der Waals surface area contributed by atoms with Crippen LogP contribution in [0.25, 0.3) is 0 Å². The van der Waals surface area contributed by atoms with Gasteiger partial charge in [0.1, 0.15) is 6.61 Å². The molecule has 1 atom stereocenters. The number of esters is 2. The van der Waals surface area contributed by atoms with Crippen LogP contribution in [-0.4, -0.2) is 41.0 Å². The van der Waals surface area contributed by atoms with Crippen molar-refractivity contribution in [2.75, 3.05) is 13.2 Å². The van der Waals surface area contributed by atoms with E-state index in [-0.39, 0.29) is 19.4 Å². The molecule has 0 amide bonds. The van der Waals surface area contributed by atoms with Gasteiger partial charge in [0.15, 0.2) is 6.10 Å². The summed E-state index contributed by atoms with van der Waals surface area (Å²) in [4.78, 5) is 42.2. The summed E-state index contributed by atoms with van der Waals surface area (Å²) >= 11 is 0. The number of allylic oxidation sites excluding steroid dienone is 2. The highest BCUT2D eigenvalue weighted by molar-refractivity contribution is 7.46. The largest absolute Gasteiger partial charge is 0.469 e. The number of hydrogen-bond acceptors (Lipinski definition) is 6. The van der Waals surface area contributed by atoms with Gasteiger partial charge in [-0.2, -0.15) is 0 Å². The Morgan fingerprint density at radius 1 is 0.641 bits per heavy atom. The van der Waals surface area contributed by atoms with Crippen LogP contribution in [0.1, 0.15) is 149 Å². The van der Waals surface area contributed by atoms with E-state index in [1.165, 1.54) is 51.4 Å². The van der Waals surface area contributed by atoms with E-state index in [0.717, 1.165) is 64.2 Å². The number of phosphoric ester groups is 1. The first kappa shape index (κ1) is 37.8. The smallest absolute Gasteiger partial charge is 0.462 e. The molecule has 0 aromatic rings. The molecule has 0 rings (SSSR count). The molecule has 8 nitrogen and oxygen atoms in total. The lowest BCUT2D eigenvalue weighted by Crippen LogP contribution is -2.29. The molecule has 0 aliphatic heterocycles. The number of unbranched alkanes of at least 4 members (excludes halogenated alkanes) is 16. The van der Waals surface area contributed by atoms with Gasteiger partial charge in [0, 0.05) is 12.8 Å². The second-order valence-electron chi connectivity index (χ2n) is 10.4. The van der Waals surface area contributed by atoms with Gasteiger partial charge in [0.05, 0.1) is 6.61 Å². The van der Waals surface area contributed by atoms with Crippen LogP contribution >= 0.6 is 7.82 Å². The number of rotatable bonds is 28. The lowest BCUT2D eigenvalue weighted by molar-refractivity contribution is -0.161. The Morgan fingerprint density at radius 2 is 1.08 bits per heavy atom. The van der Waals surface area contributed by atoms with Gasteiger partial charge in [-0.15, -0.1) is 0 Å². The second-order valence-corrected chi connectivity index (χ2v) is 11.7. The minimum absolute atomic E-state index is 0.205. The zero-order valence-corrected chi connectivity index (χ0v) is 25.7. The lowest BCUT2D eigenvalue weighted by atomic mass is 10.1. The van der Waals surface area contributed by atoms with Crippen LogP contribution in [0.3, 0.4) is 0 Å². The van der Waals surface area contributed by atoms with Gasteiger partial charge in [-0.25, -0.2) is 4.57 Å². The maximum Gasteiger partial charge on any atom is 0.469 e. The molecule has 0 bridgehead atoms. The van der Waals surface area contributed by atoms with E-state index < -0.39 is 32.5 Å². The van der Waals surface area contributed by atoms with E-state index in [9.17, 15) is 14.2 Å². The van der Waals surface area contributed by atoms with Crippen LogP contribution in [0.5, 0.6) is 0 Å². The molecular formula is C30H57O8P. The maximum atomic E-state index is 12.2. The fourth-order valence-corrected chi connectivity index (χ4v) is 4.55. The Kier molecular flexibility index (Phi) is 26.1. The lowest BCUT2D eigenvalue weighted by Gasteiger charge is -2.18. The van der Waals surface area contributed by atoms with Crippen LogP contribution in [0.4, 0.5) is 0 Å². The van der Waals surface area contributed by atoms with Crippen molar-refractivity contribution in [3.63, 3.8) is 0 Å². The minimum Gasteiger partial charge on any atom is -0.462 e. The third-order valence-corrected chi connectivity index (χ3v) is 7.02. The number of phosphoric acid groups is 1. The van der Waals surface area contributed by atoms with Gasteiger partial charge in [-0.05, 0) is 38.5 Å². The Balaban J connectivity index is 4.00. The van der Waals surface area contributed by atoms with E-state index >= 15 is 0 Å². The van der Waals surface area contributed by atoms with E-state index in [4.69, 9.17) is 19.3 Å². The quantitative estimate of drug-likeness (QED) is 0.0413. The summed E-state index contributed by atoms with van der Waals surface area (Å²) in [5.74, 6) is -0.904. The molecule has 0 saturated heterocycles. The van der Waals surface area contributed by atoms with E-state index in [1.807, 2.05) is 0 Å². The van der Waals surface area contributed by atoms with Gasteiger partial charge in [-0.1, -0.05) is 109 Å². The van der Waals surface area contributed by atoms with Crippen LogP contribution < -0.4 is 0 Å². The predicted molar refractivity (Wildman–Crippen MR) is 156 cm³/mol. The molecule has 0 spiro atoms. The fraction of sp³-hybridized carbons (Fsp3) is 0.867. The van der Waals surface area contributed by atoms with E-state index in [1.54, 1.807) is 0 Å². The highest BCUT2D eigenvalue weighted by atomic mass is 31.2. The van der Waals surface area contributed by atoms with Gasteiger partial charge in [-0.3, -0.25) is 14.1 Å². The van der Waals surface area contributed by atoms with Gasteiger partial charge in [0.2, 0.25) is 0 Å². The van der Waals surface area contributed by atoms with Crippen molar-refractivity contribution in [2.45, 2.75) is 155 Å². The van der Waals surface area contributed by atoms with Crippen molar-refractivity contribution in [3.8, 4) is 0 Å². The van der Waals surface area contributed by atoms with Crippen molar-refractivity contribution < 1.29 is 37.9 Å². The maximum absolute atomic E-state index is 12.2. The molecule has 1 unspecified atom stereocenters. The molecule has 0 heterocycles. The number of carbonyl (C=O) groups is 2. The van der Waals surface area contributed by atoms with Crippen molar-refractivity contribution in [1.82, 2.24) is 0 Å².